The van der Waals surface area contributed by atoms with E-state index < -0.39 is 0 Å². The highest BCUT2D eigenvalue weighted by Gasteiger charge is 2.20. The molecule has 2 aromatic carbocycles. The summed E-state index contributed by atoms with van der Waals surface area (Å²) in [6.07, 6.45) is 0.0594. The van der Waals surface area contributed by atoms with Crippen LogP contribution in [0.15, 0.2) is 42.5 Å². The van der Waals surface area contributed by atoms with Crippen LogP contribution >= 0.6 is 22.6 Å². The van der Waals surface area contributed by atoms with E-state index in [-0.39, 0.29) is 11.9 Å². The van der Waals surface area contributed by atoms with Crippen LogP contribution in [0.1, 0.15) is 0 Å². The Morgan fingerprint density at radius 1 is 1.10 bits per heavy atom. The third kappa shape index (κ3) is 2.98. The van der Waals surface area contributed by atoms with Crippen LogP contribution in [0.25, 0.3) is 0 Å². The number of hydrogen-bond donors (Lipinski definition) is 0. The van der Waals surface area contributed by atoms with Gasteiger partial charge in [0.2, 0.25) is 0 Å². The number of rotatable bonds is 3. The minimum absolute atomic E-state index is 0.0594. The molecule has 0 aromatic heterocycles. The van der Waals surface area contributed by atoms with Crippen molar-refractivity contribution in [3.05, 3.63) is 48.3 Å². The minimum Gasteiger partial charge on any atom is -0.486 e. The zero-order valence-electron chi connectivity index (χ0n) is 10.5. The summed E-state index contributed by atoms with van der Waals surface area (Å²) in [5, 5.41) is 0. The Bertz CT molecular complexity index is 601. The summed E-state index contributed by atoms with van der Waals surface area (Å²) in [4.78, 5) is 0. The van der Waals surface area contributed by atoms with E-state index in [1.54, 1.807) is 24.3 Å². The van der Waals surface area contributed by atoms with Crippen molar-refractivity contribution in [1.82, 2.24) is 0 Å². The van der Waals surface area contributed by atoms with E-state index >= 15 is 0 Å². The average molecular weight is 386 g/mol. The van der Waals surface area contributed by atoms with E-state index in [9.17, 15) is 4.39 Å². The molecule has 3 nitrogen and oxygen atoms in total. The number of halogens is 2. The molecule has 3 rings (SSSR count). The summed E-state index contributed by atoms with van der Waals surface area (Å²) in [5.41, 5.74) is 0. The van der Waals surface area contributed by atoms with Gasteiger partial charge in [0.25, 0.3) is 0 Å². The van der Waals surface area contributed by atoms with Gasteiger partial charge in [0.1, 0.15) is 30.0 Å². The Hall–Kier alpha value is -1.50. The highest BCUT2D eigenvalue weighted by Crippen LogP contribution is 2.36. The zero-order chi connectivity index (χ0) is 13.9. The van der Waals surface area contributed by atoms with Crippen molar-refractivity contribution in [3.8, 4) is 23.0 Å². The quantitative estimate of drug-likeness (QED) is 0.585. The molecule has 0 unspecified atom stereocenters. The van der Waals surface area contributed by atoms with Gasteiger partial charge in [-0.25, -0.2) is 4.39 Å². The maximum atomic E-state index is 12.8. The lowest BCUT2D eigenvalue weighted by molar-refractivity contribution is 0.109. The molecular formula is C15H12FIO3. The second kappa shape index (κ2) is 5.87. The molecule has 5 heteroatoms. The molecule has 2 aromatic rings. The summed E-state index contributed by atoms with van der Waals surface area (Å²) in [6, 6.07) is 11.3. The molecule has 0 saturated carbocycles. The summed E-state index contributed by atoms with van der Waals surface area (Å²) >= 11 is 2.26. The molecule has 20 heavy (non-hydrogen) atoms. The van der Waals surface area contributed by atoms with Gasteiger partial charge < -0.3 is 14.2 Å². The van der Waals surface area contributed by atoms with E-state index in [1.165, 1.54) is 12.1 Å². The Kier molecular flexibility index (Phi) is 3.95. The monoisotopic (exact) mass is 386 g/mol. The van der Waals surface area contributed by atoms with Crippen LogP contribution in [-0.2, 0) is 0 Å². The van der Waals surface area contributed by atoms with Crippen LogP contribution in [0, 0.1) is 5.82 Å². The van der Waals surface area contributed by atoms with Crippen LogP contribution in [0.5, 0.6) is 23.0 Å². The first-order valence-electron chi connectivity index (χ1n) is 6.17. The third-order valence-electron chi connectivity index (χ3n) is 2.85. The summed E-state index contributed by atoms with van der Waals surface area (Å²) in [7, 11) is 0. The molecule has 1 aliphatic heterocycles. The van der Waals surface area contributed by atoms with E-state index in [4.69, 9.17) is 14.2 Å². The molecule has 0 radical (unpaired) electrons. The van der Waals surface area contributed by atoms with Gasteiger partial charge in [-0.3, -0.25) is 0 Å². The molecule has 0 N–H and O–H groups in total. The molecule has 104 valence electrons. The second-order valence-corrected chi connectivity index (χ2v) is 5.25. The van der Waals surface area contributed by atoms with E-state index in [2.05, 4.69) is 22.6 Å². The number of ether oxygens (including phenoxy) is 3. The van der Waals surface area contributed by atoms with Gasteiger partial charge >= 0.3 is 0 Å². The smallest absolute Gasteiger partial charge is 0.165 e. The van der Waals surface area contributed by atoms with Gasteiger partial charge in [0.15, 0.2) is 11.5 Å². The fraction of sp³-hybridized carbons (Fsp3) is 0.200. The van der Waals surface area contributed by atoms with Gasteiger partial charge in [-0.2, -0.15) is 0 Å². The van der Waals surface area contributed by atoms with Gasteiger partial charge in [0, 0.05) is 10.5 Å². The van der Waals surface area contributed by atoms with Crippen LogP contribution in [0.4, 0.5) is 4.39 Å². The summed E-state index contributed by atoms with van der Waals surface area (Å²) in [5.74, 6) is 2.32. The average Bonchev–Trinajstić information content (AvgIpc) is 2.49. The minimum atomic E-state index is -0.288. The van der Waals surface area contributed by atoms with Crippen LogP contribution < -0.4 is 14.2 Å². The van der Waals surface area contributed by atoms with Crippen molar-refractivity contribution >= 4 is 22.6 Å². The van der Waals surface area contributed by atoms with Gasteiger partial charge in [-0.05, 0) is 36.4 Å². The first-order chi connectivity index (χ1) is 9.74. The van der Waals surface area contributed by atoms with Gasteiger partial charge in [-0.15, -0.1) is 0 Å². The molecule has 0 aliphatic carbocycles. The Morgan fingerprint density at radius 3 is 2.60 bits per heavy atom. The molecular weight excluding hydrogens is 374 g/mol. The van der Waals surface area contributed by atoms with Crippen LogP contribution in [-0.4, -0.2) is 17.1 Å². The molecule has 0 amide bonds. The first-order valence-corrected chi connectivity index (χ1v) is 7.70. The summed E-state index contributed by atoms with van der Waals surface area (Å²) < 4.78 is 30.8. The Labute approximate surface area is 129 Å². The first kappa shape index (κ1) is 13.5. The van der Waals surface area contributed by atoms with Crippen molar-refractivity contribution in [1.29, 1.82) is 0 Å². The van der Waals surface area contributed by atoms with Crippen molar-refractivity contribution < 1.29 is 18.6 Å². The van der Waals surface area contributed by atoms with Crippen molar-refractivity contribution in [2.45, 2.75) is 6.10 Å². The van der Waals surface area contributed by atoms with E-state index in [0.29, 0.717) is 23.9 Å². The van der Waals surface area contributed by atoms with E-state index in [0.717, 1.165) is 10.2 Å². The predicted octanol–water partition coefficient (Wildman–Crippen LogP) is 4.19. The van der Waals surface area contributed by atoms with Crippen LogP contribution in [0.2, 0.25) is 0 Å². The standard InChI is InChI=1S/C15H12FIO3/c16-10-1-3-11(4-2-10)19-12-5-6-14-15(7-12)20-13(8-17)9-18-14/h1-7,13H,8-9H2/t13-/m1/s1. The van der Waals surface area contributed by atoms with Crippen molar-refractivity contribution in [3.63, 3.8) is 0 Å². The van der Waals surface area contributed by atoms with E-state index in [1.807, 2.05) is 6.07 Å². The number of benzene rings is 2. The van der Waals surface area contributed by atoms with Gasteiger partial charge in [-0.1, -0.05) is 22.6 Å². The lowest BCUT2D eigenvalue weighted by Gasteiger charge is -2.25. The highest BCUT2D eigenvalue weighted by atomic mass is 127. The molecule has 0 saturated heterocycles. The molecule has 0 fully saturated rings. The molecule has 0 bridgehead atoms. The second-order valence-electron chi connectivity index (χ2n) is 4.37. The van der Waals surface area contributed by atoms with Gasteiger partial charge in [0.05, 0.1) is 0 Å². The normalized spacial score (nSPS) is 16.8. The largest absolute Gasteiger partial charge is 0.486 e. The number of alkyl halides is 1. The number of fused-ring (bicyclic) bond motifs is 1. The molecule has 1 atom stereocenters. The van der Waals surface area contributed by atoms with Crippen LogP contribution in [0.3, 0.4) is 0 Å². The zero-order valence-corrected chi connectivity index (χ0v) is 12.7. The lowest BCUT2D eigenvalue weighted by Crippen LogP contribution is -2.30. The SMILES string of the molecule is Fc1ccc(Oc2ccc3c(c2)O[C@H](CI)CO3)cc1. The summed E-state index contributed by atoms with van der Waals surface area (Å²) in [6.45, 7) is 0.564. The Morgan fingerprint density at radius 2 is 1.85 bits per heavy atom. The van der Waals surface area contributed by atoms with Crippen molar-refractivity contribution in [2.24, 2.45) is 0 Å². The maximum Gasteiger partial charge on any atom is 0.165 e. The Balaban J connectivity index is 1.79. The fourth-order valence-electron chi connectivity index (χ4n) is 1.87. The van der Waals surface area contributed by atoms with Crippen molar-refractivity contribution in [2.75, 3.05) is 11.0 Å². The number of hydrogen-bond acceptors (Lipinski definition) is 3. The predicted molar refractivity (Wildman–Crippen MR) is 81.7 cm³/mol. The topological polar surface area (TPSA) is 27.7 Å². The molecule has 1 aliphatic rings. The third-order valence-corrected chi connectivity index (χ3v) is 3.84. The molecule has 1 heterocycles. The lowest BCUT2D eigenvalue weighted by atomic mass is 10.2. The molecule has 0 spiro atoms. The fourth-order valence-corrected chi connectivity index (χ4v) is 2.31. The highest BCUT2D eigenvalue weighted by molar-refractivity contribution is 14.1. The maximum absolute atomic E-state index is 12.8.